The molecule has 0 saturated heterocycles. The van der Waals surface area contributed by atoms with Crippen LogP contribution >= 0.6 is 0 Å². The van der Waals surface area contributed by atoms with Crippen LogP contribution in [0.1, 0.15) is 29.0 Å². The molecule has 2 aromatic rings. The lowest BCUT2D eigenvalue weighted by molar-refractivity contribution is -0.122. The molecule has 1 aliphatic heterocycles. The molecular weight excluding hydrogens is 382 g/mol. The number of aryl methyl sites for hydroxylation is 1. The third-order valence-corrected chi connectivity index (χ3v) is 6.37. The van der Waals surface area contributed by atoms with Crippen LogP contribution < -0.4 is 19.1 Å². The van der Waals surface area contributed by atoms with E-state index in [1.165, 1.54) is 11.1 Å². The van der Waals surface area contributed by atoms with Gasteiger partial charge in [0.25, 0.3) is 0 Å². The Balaban J connectivity index is 1.87. The van der Waals surface area contributed by atoms with Crippen molar-refractivity contribution in [1.82, 2.24) is 0 Å². The number of hydrogen-bond acceptors (Lipinski definition) is 6. The minimum absolute atomic E-state index is 0.0134. The van der Waals surface area contributed by atoms with E-state index in [0.29, 0.717) is 36.8 Å². The van der Waals surface area contributed by atoms with Crippen molar-refractivity contribution < 1.29 is 23.7 Å². The maximum Gasteiger partial charge on any atom is 0.203 e. The van der Waals surface area contributed by atoms with Crippen LogP contribution in [-0.4, -0.2) is 46.9 Å². The minimum atomic E-state index is -0.181. The van der Waals surface area contributed by atoms with E-state index in [1.54, 1.807) is 28.4 Å². The predicted octanol–water partition coefficient (Wildman–Crippen LogP) is 3.73. The number of anilines is 1. The number of methoxy groups -OCH3 is 4. The second kappa shape index (κ2) is 8.19. The molecule has 2 aromatic carbocycles. The standard InChI is InChI=1S/C24H29NO5/c1-14-6-8-15(9-7-14)12-25-18-11-20(28-3)23(29-4)24(30-5)21(18)16-10-19(26)17(13-27-2)22(16)25/h6-9,11,16-17,22H,10,12-13H2,1-5H3/t16-,17+,22+/m1/s1. The van der Waals surface area contributed by atoms with Crippen LogP contribution in [-0.2, 0) is 16.1 Å². The van der Waals surface area contributed by atoms with Gasteiger partial charge in [0.1, 0.15) is 5.78 Å². The van der Waals surface area contributed by atoms with Gasteiger partial charge in [0.2, 0.25) is 5.75 Å². The summed E-state index contributed by atoms with van der Waals surface area (Å²) in [6.45, 7) is 3.19. The van der Waals surface area contributed by atoms with Crippen molar-refractivity contribution >= 4 is 11.5 Å². The van der Waals surface area contributed by atoms with E-state index in [4.69, 9.17) is 18.9 Å². The van der Waals surface area contributed by atoms with Gasteiger partial charge in [-0.1, -0.05) is 29.8 Å². The van der Waals surface area contributed by atoms with E-state index < -0.39 is 0 Å². The highest BCUT2D eigenvalue weighted by atomic mass is 16.5. The quantitative estimate of drug-likeness (QED) is 0.692. The number of benzene rings is 2. The Kier molecular flexibility index (Phi) is 5.60. The molecule has 1 aliphatic carbocycles. The summed E-state index contributed by atoms with van der Waals surface area (Å²) in [7, 11) is 6.52. The van der Waals surface area contributed by atoms with Crippen LogP contribution in [0.25, 0.3) is 0 Å². The van der Waals surface area contributed by atoms with Crippen LogP contribution in [0.4, 0.5) is 5.69 Å². The normalized spacial score (nSPS) is 22.1. The third-order valence-electron chi connectivity index (χ3n) is 6.37. The van der Waals surface area contributed by atoms with Crippen LogP contribution in [0.2, 0.25) is 0 Å². The van der Waals surface area contributed by atoms with Crippen LogP contribution in [0.3, 0.4) is 0 Å². The molecule has 6 heteroatoms. The van der Waals surface area contributed by atoms with Crippen molar-refractivity contribution in [2.75, 3.05) is 39.9 Å². The second-order valence-electron chi connectivity index (χ2n) is 8.02. The summed E-state index contributed by atoms with van der Waals surface area (Å²) in [6, 6.07) is 10.5. The number of hydrogen-bond donors (Lipinski definition) is 0. The highest BCUT2D eigenvalue weighted by Crippen LogP contribution is 2.58. The molecule has 0 unspecified atom stereocenters. The highest BCUT2D eigenvalue weighted by molar-refractivity contribution is 5.90. The van der Waals surface area contributed by atoms with Crippen molar-refractivity contribution in [2.45, 2.75) is 31.8 Å². The number of fused-ring (bicyclic) bond motifs is 3. The summed E-state index contributed by atoms with van der Waals surface area (Å²) in [5.74, 6) is 1.93. The molecule has 1 heterocycles. The molecule has 0 spiro atoms. The molecule has 0 radical (unpaired) electrons. The van der Waals surface area contributed by atoms with E-state index in [2.05, 4.69) is 36.1 Å². The lowest BCUT2D eigenvalue weighted by atomic mass is 9.93. The molecule has 0 N–H and O–H groups in total. The monoisotopic (exact) mass is 411 g/mol. The fraction of sp³-hybridized carbons (Fsp3) is 0.458. The average Bonchev–Trinajstić information content (AvgIpc) is 3.22. The first-order chi connectivity index (χ1) is 14.5. The van der Waals surface area contributed by atoms with Crippen molar-refractivity contribution in [3.8, 4) is 17.2 Å². The second-order valence-corrected chi connectivity index (χ2v) is 8.02. The highest BCUT2D eigenvalue weighted by Gasteiger charge is 2.53. The van der Waals surface area contributed by atoms with Gasteiger partial charge < -0.3 is 23.8 Å². The van der Waals surface area contributed by atoms with E-state index in [-0.39, 0.29) is 23.7 Å². The van der Waals surface area contributed by atoms with Crippen molar-refractivity contribution in [1.29, 1.82) is 0 Å². The third kappa shape index (κ3) is 3.19. The molecule has 0 bridgehead atoms. The van der Waals surface area contributed by atoms with Crippen LogP contribution in [0.5, 0.6) is 17.2 Å². The molecule has 4 rings (SSSR count). The summed E-state index contributed by atoms with van der Waals surface area (Å²) in [5, 5.41) is 0. The fourth-order valence-electron chi connectivity index (χ4n) is 5.04. The Morgan fingerprint density at radius 2 is 1.70 bits per heavy atom. The Morgan fingerprint density at radius 3 is 2.30 bits per heavy atom. The molecule has 2 aliphatic rings. The maximum atomic E-state index is 12.9. The Bertz CT molecular complexity index is 940. The van der Waals surface area contributed by atoms with E-state index in [0.717, 1.165) is 11.3 Å². The topological polar surface area (TPSA) is 57.2 Å². The summed E-state index contributed by atoms with van der Waals surface area (Å²) in [5.41, 5.74) is 4.48. The molecular formula is C24H29NO5. The molecule has 1 saturated carbocycles. The Hall–Kier alpha value is -2.73. The molecule has 3 atom stereocenters. The lowest BCUT2D eigenvalue weighted by Gasteiger charge is -2.31. The van der Waals surface area contributed by atoms with Gasteiger partial charge in [-0.15, -0.1) is 0 Å². The lowest BCUT2D eigenvalue weighted by Crippen LogP contribution is -2.39. The smallest absolute Gasteiger partial charge is 0.203 e. The predicted molar refractivity (Wildman–Crippen MR) is 115 cm³/mol. The van der Waals surface area contributed by atoms with E-state index in [1.807, 2.05) is 6.07 Å². The van der Waals surface area contributed by atoms with Crippen LogP contribution in [0.15, 0.2) is 30.3 Å². The van der Waals surface area contributed by atoms with Crippen molar-refractivity contribution in [3.05, 3.63) is 47.0 Å². The number of ether oxygens (including phenoxy) is 4. The van der Waals surface area contributed by atoms with Crippen molar-refractivity contribution in [2.24, 2.45) is 5.92 Å². The van der Waals surface area contributed by atoms with E-state index >= 15 is 0 Å². The zero-order chi connectivity index (χ0) is 21.4. The first-order valence-electron chi connectivity index (χ1n) is 10.2. The Morgan fingerprint density at radius 1 is 1.00 bits per heavy atom. The van der Waals surface area contributed by atoms with Gasteiger partial charge in [-0.25, -0.2) is 0 Å². The first kappa shape index (κ1) is 20.5. The molecule has 1 fully saturated rings. The van der Waals surface area contributed by atoms with E-state index in [9.17, 15) is 4.79 Å². The molecule has 6 nitrogen and oxygen atoms in total. The van der Waals surface area contributed by atoms with Gasteiger partial charge in [-0.3, -0.25) is 4.79 Å². The van der Waals surface area contributed by atoms with Crippen molar-refractivity contribution in [3.63, 3.8) is 0 Å². The summed E-state index contributed by atoms with van der Waals surface area (Å²) in [6.07, 6.45) is 0.474. The number of rotatable bonds is 7. The van der Waals surface area contributed by atoms with Gasteiger partial charge in [-0.05, 0) is 12.5 Å². The molecule has 0 aromatic heterocycles. The van der Waals surface area contributed by atoms with Crippen LogP contribution in [0, 0.1) is 12.8 Å². The van der Waals surface area contributed by atoms with Gasteiger partial charge in [-0.2, -0.15) is 0 Å². The van der Waals surface area contributed by atoms with Gasteiger partial charge >= 0.3 is 0 Å². The maximum absolute atomic E-state index is 12.9. The zero-order valence-electron chi connectivity index (χ0n) is 18.2. The minimum Gasteiger partial charge on any atom is -0.493 e. The first-order valence-corrected chi connectivity index (χ1v) is 10.2. The zero-order valence-corrected chi connectivity index (χ0v) is 18.2. The number of carbonyl (C=O) groups excluding carboxylic acids is 1. The summed E-state index contributed by atoms with van der Waals surface area (Å²) >= 11 is 0. The summed E-state index contributed by atoms with van der Waals surface area (Å²) < 4.78 is 22.5. The number of ketones is 1. The van der Waals surface area contributed by atoms with Gasteiger partial charge in [0, 0.05) is 49.4 Å². The van der Waals surface area contributed by atoms with Gasteiger partial charge in [0.15, 0.2) is 11.5 Å². The fourth-order valence-corrected chi connectivity index (χ4v) is 5.04. The Labute approximate surface area is 177 Å². The summed E-state index contributed by atoms with van der Waals surface area (Å²) in [4.78, 5) is 15.2. The number of nitrogens with zero attached hydrogens (tertiary/aromatic N) is 1. The number of carbonyl (C=O) groups is 1. The molecule has 160 valence electrons. The number of Topliss-reactive ketones (excluding diaryl/α,β-unsaturated/α-hetero) is 1. The molecule has 30 heavy (non-hydrogen) atoms. The SMILES string of the molecule is COC[C@H]1C(=O)C[C@@H]2c3c(cc(OC)c(OC)c3OC)N(Cc3ccc(C)cc3)[C@@H]21. The largest absolute Gasteiger partial charge is 0.493 e. The average molecular weight is 411 g/mol. The molecule has 0 amide bonds. The van der Waals surface area contributed by atoms with Gasteiger partial charge in [0.05, 0.1) is 33.9 Å².